The van der Waals surface area contributed by atoms with E-state index in [-0.39, 0.29) is 5.69 Å². The molecule has 0 radical (unpaired) electrons. The van der Waals surface area contributed by atoms with Gasteiger partial charge in [0.05, 0.1) is 9.82 Å². The molecule has 0 saturated carbocycles. The van der Waals surface area contributed by atoms with Crippen LogP contribution < -0.4 is 5.32 Å². The molecule has 0 heterocycles. The molecular weight excluding hydrogens is 267 g/mol. The minimum Gasteiger partial charge on any atom is -0.383 e. The first-order chi connectivity index (χ1) is 9.13. The zero-order valence-electron chi connectivity index (χ0n) is 10.1. The van der Waals surface area contributed by atoms with Crippen LogP contribution in [0.4, 0.5) is 15.8 Å². The van der Waals surface area contributed by atoms with E-state index in [0.29, 0.717) is 15.5 Å². The Hall–Kier alpha value is -2.08. The third-order valence-electron chi connectivity index (χ3n) is 2.51. The van der Waals surface area contributed by atoms with Crippen LogP contribution in [-0.2, 0) is 0 Å². The van der Waals surface area contributed by atoms with E-state index >= 15 is 0 Å². The van der Waals surface area contributed by atoms with Gasteiger partial charge in [-0.2, -0.15) is 0 Å². The molecule has 0 amide bonds. The van der Waals surface area contributed by atoms with E-state index in [9.17, 15) is 14.5 Å². The third-order valence-corrected chi connectivity index (χ3v) is 3.61. The first kappa shape index (κ1) is 13.4. The number of para-hydroxylation sites is 1. The molecule has 0 spiro atoms. The average Bonchev–Trinajstić information content (AvgIpc) is 2.40. The predicted octanol–water partition coefficient (Wildman–Crippen LogP) is 3.93. The van der Waals surface area contributed by atoms with E-state index in [2.05, 4.69) is 5.32 Å². The van der Waals surface area contributed by atoms with E-state index in [0.717, 1.165) is 11.8 Å². The van der Waals surface area contributed by atoms with E-state index < -0.39 is 10.7 Å². The number of anilines is 1. The fourth-order valence-corrected chi connectivity index (χ4v) is 2.62. The summed E-state index contributed by atoms with van der Waals surface area (Å²) in [5.41, 5.74) is 0.365. The van der Waals surface area contributed by atoms with Gasteiger partial charge in [0.2, 0.25) is 0 Å². The summed E-state index contributed by atoms with van der Waals surface area (Å²) in [6.45, 7) is 0. The summed E-state index contributed by atoms with van der Waals surface area (Å²) in [5.74, 6) is -0.392. The molecule has 4 nitrogen and oxygen atoms in total. The molecule has 1 N–H and O–H groups in total. The Kier molecular flexibility index (Phi) is 4.01. The second-order valence-corrected chi connectivity index (χ2v) is 4.78. The number of benzene rings is 2. The van der Waals surface area contributed by atoms with Gasteiger partial charge >= 0.3 is 5.69 Å². The zero-order valence-corrected chi connectivity index (χ0v) is 10.9. The molecule has 98 valence electrons. The molecule has 0 unspecified atom stereocenters. The molecule has 0 aliphatic carbocycles. The van der Waals surface area contributed by atoms with Crippen LogP contribution in [-0.4, -0.2) is 12.0 Å². The molecule has 2 rings (SSSR count). The summed E-state index contributed by atoms with van der Waals surface area (Å²) < 4.78 is 13.6. The van der Waals surface area contributed by atoms with Crippen LogP contribution in [0.2, 0.25) is 0 Å². The van der Waals surface area contributed by atoms with Crippen molar-refractivity contribution >= 4 is 23.1 Å². The van der Waals surface area contributed by atoms with E-state index in [1.54, 1.807) is 43.4 Å². The second kappa shape index (κ2) is 5.71. The standard InChI is InChI=1S/C13H11FN2O2S/c1-15-10-6-4-8-12(13(10)16(17)18)19-11-7-3-2-5-9(11)14/h2-8,15H,1H3. The predicted molar refractivity (Wildman–Crippen MR) is 73.2 cm³/mol. The van der Waals surface area contributed by atoms with Gasteiger partial charge in [-0.25, -0.2) is 4.39 Å². The summed E-state index contributed by atoms with van der Waals surface area (Å²) in [6.07, 6.45) is 0. The van der Waals surface area contributed by atoms with Crippen LogP contribution in [0.3, 0.4) is 0 Å². The summed E-state index contributed by atoms with van der Waals surface area (Å²) in [5, 5.41) is 13.9. The lowest BCUT2D eigenvalue weighted by atomic mass is 10.2. The first-order valence-corrected chi connectivity index (χ1v) is 6.32. The van der Waals surface area contributed by atoms with Crippen molar-refractivity contribution in [1.29, 1.82) is 0 Å². The highest BCUT2D eigenvalue weighted by molar-refractivity contribution is 7.99. The number of nitro groups is 1. The first-order valence-electron chi connectivity index (χ1n) is 5.51. The Morgan fingerprint density at radius 1 is 1.16 bits per heavy atom. The largest absolute Gasteiger partial charge is 0.383 e. The Morgan fingerprint density at radius 3 is 2.47 bits per heavy atom. The molecule has 6 heteroatoms. The lowest BCUT2D eigenvalue weighted by molar-refractivity contribution is -0.386. The topological polar surface area (TPSA) is 55.2 Å². The Labute approximate surface area is 113 Å². The van der Waals surface area contributed by atoms with Crippen LogP contribution in [0.5, 0.6) is 0 Å². The lowest BCUT2D eigenvalue weighted by Crippen LogP contribution is -1.98. The van der Waals surface area contributed by atoms with Crippen molar-refractivity contribution in [2.75, 3.05) is 12.4 Å². The third kappa shape index (κ3) is 2.85. The number of nitro benzene ring substituents is 1. The highest BCUT2D eigenvalue weighted by Gasteiger charge is 2.20. The molecule has 0 aromatic heterocycles. The van der Waals surface area contributed by atoms with E-state index in [4.69, 9.17) is 0 Å². The minimum atomic E-state index is -0.463. The van der Waals surface area contributed by atoms with Crippen molar-refractivity contribution in [3.8, 4) is 0 Å². The number of hydrogen-bond acceptors (Lipinski definition) is 4. The highest BCUT2D eigenvalue weighted by atomic mass is 32.2. The smallest absolute Gasteiger partial charge is 0.306 e. The quantitative estimate of drug-likeness (QED) is 0.680. The molecule has 0 saturated heterocycles. The molecule has 0 bridgehead atoms. The van der Waals surface area contributed by atoms with Crippen molar-refractivity contribution < 1.29 is 9.31 Å². The van der Waals surface area contributed by atoms with Crippen LogP contribution in [0.25, 0.3) is 0 Å². The molecular formula is C13H11FN2O2S. The fourth-order valence-electron chi connectivity index (χ4n) is 1.64. The van der Waals surface area contributed by atoms with Gasteiger partial charge in [-0.1, -0.05) is 30.0 Å². The van der Waals surface area contributed by atoms with Crippen molar-refractivity contribution in [2.45, 2.75) is 9.79 Å². The molecule has 2 aromatic rings. The maximum atomic E-state index is 13.6. The van der Waals surface area contributed by atoms with Gasteiger partial charge in [-0.3, -0.25) is 10.1 Å². The number of halogens is 1. The maximum absolute atomic E-state index is 13.6. The zero-order chi connectivity index (χ0) is 13.8. The fraction of sp³-hybridized carbons (Fsp3) is 0.0769. The minimum absolute atomic E-state index is 0.0433. The van der Waals surface area contributed by atoms with Crippen molar-refractivity contribution in [2.24, 2.45) is 0 Å². The van der Waals surface area contributed by atoms with Crippen LogP contribution in [0.1, 0.15) is 0 Å². The van der Waals surface area contributed by atoms with Crippen LogP contribution in [0.15, 0.2) is 52.3 Å². The van der Waals surface area contributed by atoms with Crippen LogP contribution in [0, 0.1) is 15.9 Å². The SMILES string of the molecule is CNc1cccc(Sc2ccccc2F)c1[N+](=O)[O-]. The molecule has 19 heavy (non-hydrogen) atoms. The Bertz CT molecular complexity index is 619. The number of hydrogen-bond donors (Lipinski definition) is 1. The highest BCUT2D eigenvalue weighted by Crippen LogP contribution is 2.39. The monoisotopic (exact) mass is 278 g/mol. The van der Waals surface area contributed by atoms with E-state index in [1.807, 2.05) is 0 Å². The van der Waals surface area contributed by atoms with Crippen molar-refractivity contribution in [1.82, 2.24) is 0 Å². The molecule has 0 fully saturated rings. The van der Waals surface area contributed by atoms with Crippen molar-refractivity contribution in [3.05, 3.63) is 58.4 Å². The van der Waals surface area contributed by atoms with Gasteiger partial charge < -0.3 is 5.32 Å². The summed E-state index contributed by atoms with van der Waals surface area (Å²) in [7, 11) is 1.61. The van der Waals surface area contributed by atoms with Crippen LogP contribution >= 0.6 is 11.8 Å². The van der Waals surface area contributed by atoms with Gasteiger partial charge in [-0.15, -0.1) is 0 Å². The second-order valence-electron chi connectivity index (χ2n) is 3.69. The van der Waals surface area contributed by atoms with Gasteiger partial charge in [-0.05, 0) is 24.3 Å². The Balaban J connectivity index is 2.46. The number of nitrogens with zero attached hydrogens (tertiary/aromatic N) is 1. The maximum Gasteiger partial charge on any atom is 0.306 e. The molecule has 0 aliphatic heterocycles. The number of rotatable bonds is 4. The van der Waals surface area contributed by atoms with Gasteiger partial charge in [0.15, 0.2) is 0 Å². The number of nitrogens with one attached hydrogen (secondary N) is 1. The van der Waals surface area contributed by atoms with Gasteiger partial charge in [0.25, 0.3) is 0 Å². The average molecular weight is 278 g/mol. The normalized spacial score (nSPS) is 10.2. The summed E-state index contributed by atoms with van der Waals surface area (Å²) >= 11 is 1.04. The van der Waals surface area contributed by atoms with Gasteiger partial charge in [0.1, 0.15) is 11.5 Å². The molecule has 0 atom stereocenters. The Morgan fingerprint density at radius 2 is 1.84 bits per heavy atom. The van der Waals surface area contributed by atoms with E-state index in [1.165, 1.54) is 6.07 Å². The van der Waals surface area contributed by atoms with Gasteiger partial charge in [0, 0.05) is 11.9 Å². The molecule has 2 aromatic carbocycles. The molecule has 0 aliphatic rings. The summed E-state index contributed by atoms with van der Waals surface area (Å²) in [6, 6.07) is 11.1. The lowest BCUT2D eigenvalue weighted by Gasteiger charge is -2.07. The summed E-state index contributed by atoms with van der Waals surface area (Å²) in [4.78, 5) is 11.4. The van der Waals surface area contributed by atoms with Crippen molar-refractivity contribution in [3.63, 3.8) is 0 Å².